The lowest BCUT2D eigenvalue weighted by molar-refractivity contribution is 0.227. The molecule has 1 aliphatic carbocycles. The summed E-state index contributed by atoms with van der Waals surface area (Å²) in [5.41, 5.74) is 0. The highest BCUT2D eigenvalue weighted by molar-refractivity contribution is 7.89. The van der Waals surface area contributed by atoms with Gasteiger partial charge >= 0.3 is 0 Å². The van der Waals surface area contributed by atoms with E-state index in [-0.39, 0.29) is 6.04 Å². The molecule has 1 saturated carbocycles. The molecule has 0 bridgehead atoms. The van der Waals surface area contributed by atoms with Gasteiger partial charge in [-0.05, 0) is 30.4 Å². The average molecular weight is 267 g/mol. The highest BCUT2D eigenvalue weighted by atomic mass is 32.2. The molecular weight excluding hydrogens is 246 g/mol. The zero-order valence-electron chi connectivity index (χ0n) is 11.0. The van der Waals surface area contributed by atoms with Crippen molar-refractivity contribution >= 4 is 10.0 Å². The molecule has 2 rings (SSSR count). The Hall–Kier alpha value is -0.870. The molecule has 0 radical (unpaired) electrons. The van der Waals surface area contributed by atoms with Gasteiger partial charge in [0.15, 0.2) is 0 Å². The highest BCUT2D eigenvalue weighted by Crippen LogP contribution is 2.30. The Labute approximate surface area is 110 Å². The predicted molar refractivity (Wildman–Crippen MR) is 72.7 cm³/mol. The van der Waals surface area contributed by atoms with Crippen molar-refractivity contribution in [1.29, 1.82) is 0 Å². The number of hydrogen-bond acceptors (Lipinski definition) is 2. The van der Waals surface area contributed by atoms with Gasteiger partial charge in [-0.3, -0.25) is 0 Å². The molecule has 1 aromatic carbocycles. The lowest BCUT2D eigenvalue weighted by atomic mass is 9.78. The fourth-order valence-corrected chi connectivity index (χ4v) is 4.00. The fourth-order valence-electron chi connectivity index (χ4n) is 2.62. The highest BCUT2D eigenvalue weighted by Gasteiger charge is 2.30. The van der Waals surface area contributed by atoms with Crippen molar-refractivity contribution in [3.8, 4) is 0 Å². The fraction of sp³-hybridized carbons (Fsp3) is 0.571. The van der Waals surface area contributed by atoms with E-state index < -0.39 is 10.0 Å². The van der Waals surface area contributed by atoms with E-state index in [4.69, 9.17) is 0 Å². The Morgan fingerprint density at radius 3 is 2.44 bits per heavy atom. The number of rotatable bonds is 3. The molecule has 0 aromatic heterocycles. The van der Waals surface area contributed by atoms with Crippen LogP contribution >= 0.6 is 0 Å². The van der Waals surface area contributed by atoms with Gasteiger partial charge in [-0.1, -0.05) is 44.9 Å². The topological polar surface area (TPSA) is 46.2 Å². The third-order valence-corrected chi connectivity index (χ3v) is 5.57. The summed E-state index contributed by atoms with van der Waals surface area (Å²) in [5.74, 6) is 0.986. The molecule has 0 amide bonds. The van der Waals surface area contributed by atoms with Crippen LogP contribution < -0.4 is 4.72 Å². The summed E-state index contributed by atoms with van der Waals surface area (Å²) >= 11 is 0. The van der Waals surface area contributed by atoms with E-state index in [1.807, 2.05) is 6.07 Å². The van der Waals surface area contributed by atoms with E-state index >= 15 is 0 Å². The van der Waals surface area contributed by atoms with Crippen LogP contribution in [-0.2, 0) is 10.0 Å². The van der Waals surface area contributed by atoms with E-state index in [0.29, 0.717) is 16.7 Å². The van der Waals surface area contributed by atoms with Crippen molar-refractivity contribution in [2.45, 2.75) is 44.0 Å². The van der Waals surface area contributed by atoms with Gasteiger partial charge in [0, 0.05) is 6.04 Å². The Morgan fingerprint density at radius 1 is 1.11 bits per heavy atom. The molecule has 1 N–H and O–H groups in total. The van der Waals surface area contributed by atoms with Crippen molar-refractivity contribution in [2.75, 3.05) is 0 Å². The van der Waals surface area contributed by atoms with Crippen LogP contribution in [-0.4, -0.2) is 14.5 Å². The van der Waals surface area contributed by atoms with Crippen LogP contribution in [0, 0.1) is 11.8 Å². The normalized spacial score (nSPS) is 29.1. The zero-order valence-corrected chi connectivity index (χ0v) is 11.8. The Kier molecular flexibility index (Phi) is 4.07. The molecule has 1 fully saturated rings. The maximum atomic E-state index is 12.2. The van der Waals surface area contributed by atoms with Gasteiger partial charge in [-0.2, -0.15) is 0 Å². The van der Waals surface area contributed by atoms with Crippen LogP contribution in [0.15, 0.2) is 35.2 Å². The van der Waals surface area contributed by atoms with Crippen molar-refractivity contribution in [3.05, 3.63) is 30.3 Å². The number of nitrogens with one attached hydrogen (secondary N) is 1. The minimum absolute atomic E-state index is 0.0685. The summed E-state index contributed by atoms with van der Waals surface area (Å²) in [6.45, 7) is 4.34. The molecule has 0 aliphatic heterocycles. The van der Waals surface area contributed by atoms with Gasteiger partial charge in [0.05, 0.1) is 4.90 Å². The summed E-state index contributed by atoms with van der Waals surface area (Å²) < 4.78 is 27.3. The summed E-state index contributed by atoms with van der Waals surface area (Å²) in [6, 6.07) is 8.67. The molecule has 0 saturated heterocycles. The molecule has 3 atom stereocenters. The summed E-state index contributed by atoms with van der Waals surface area (Å²) in [6.07, 6.45) is 3.25. The molecule has 1 aliphatic rings. The van der Waals surface area contributed by atoms with Crippen LogP contribution in [0.5, 0.6) is 0 Å². The van der Waals surface area contributed by atoms with E-state index in [9.17, 15) is 8.42 Å². The molecule has 18 heavy (non-hydrogen) atoms. The molecular formula is C14H21NO2S. The largest absolute Gasteiger partial charge is 0.240 e. The van der Waals surface area contributed by atoms with Gasteiger partial charge < -0.3 is 0 Å². The first kappa shape index (κ1) is 13.6. The lowest BCUT2D eigenvalue weighted by Crippen LogP contribution is -2.43. The van der Waals surface area contributed by atoms with Crippen molar-refractivity contribution in [3.63, 3.8) is 0 Å². The second kappa shape index (κ2) is 5.41. The maximum absolute atomic E-state index is 12.2. The molecule has 1 aromatic rings. The van der Waals surface area contributed by atoms with Crippen LogP contribution in [0.2, 0.25) is 0 Å². The lowest BCUT2D eigenvalue weighted by Gasteiger charge is -2.34. The number of hydrogen-bond donors (Lipinski definition) is 1. The molecule has 100 valence electrons. The SMILES string of the molecule is C[C@H]1[C@H](C)CCC[C@@H]1NS(=O)(=O)c1ccccc1. The monoisotopic (exact) mass is 267 g/mol. The first-order valence-electron chi connectivity index (χ1n) is 6.58. The summed E-state index contributed by atoms with van der Waals surface area (Å²) in [7, 11) is -3.37. The zero-order chi connectivity index (χ0) is 13.2. The Bertz CT molecular complexity index is 484. The first-order valence-corrected chi connectivity index (χ1v) is 8.06. The van der Waals surface area contributed by atoms with Gasteiger partial charge in [-0.25, -0.2) is 13.1 Å². The molecule has 0 unspecified atom stereocenters. The van der Waals surface area contributed by atoms with Crippen LogP contribution in [0.3, 0.4) is 0 Å². The molecule has 3 nitrogen and oxygen atoms in total. The quantitative estimate of drug-likeness (QED) is 0.915. The van der Waals surface area contributed by atoms with E-state index in [0.717, 1.165) is 12.8 Å². The summed E-state index contributed by atoms with van der Waals surface area (Å²) in [4.78, 5) is 0.357. The Balaban J connectivity index is 2.13. The Morgan fingerprint density at radius 2 is 1.78 bits per heavy atom. The second-order valence-corrected chi connectivity index (χ2v) is 7.02. The summed E-state index contributed by atoms with van der Waals surface area (Å²) in [5, 5.41) is 0. The molecule has 0 heterocycles. The van der Waals surface area contributed by atoms with Crippen LogP contribution in [0.1, 0.15) is 33.1 Å². The van der Waals surface area contributed by atoms with Gasteiger partial charge in [-0.15, -0.1) is 0 Å². The van der Waals surface area contributed by atoms with E-state index in [1.54, 1.807) is 24.3 Å². The maximum Gasteiger partial charge on any atom is 0.240 e. The third-order valence-electron chi connectivity index (χ3n) is 4.07. The second-order valence-electron chi connectivity index (χ2n) is 5.31. The van der Waals surface area contributed by atoms with Gasteiger partial charge in [0.2, 0.25) is 10.0 Å². The van der Waals surface area contributed by atoms with Gasteiger partial charge in [0.1, 0.15) is 0 Å². The minimum atomic E-state index is -3.37. The minimum Gasteiger partial charge on any atom is -0.208 e. The van der Waals surface area contributed by atoms with Crippen LogP contribution in [0.25, 0.3) is 0 Å². The molecule has 0 spiro atoms. The average Bonchev–Trinajstić information content (AvgIpc) is 2.36. The standard InChI is InChI=1S/C14H21NO2S/c1-11-7-6-10-14(12(11)2)15-18(16,17)13-8-4-3-5-9-13/h3-5,8-9,11-12,14-15H,6-7,10H2,1-2H3/t11-,12+,14+/m1/s1. The smallest absolute Gasteiger partial charge is 0.208 e. The number of sulfonamides is 1. The van der Waals surface area contributed by atoms with Crippen LogP contribution in [0.4, 0.5) is 0 Å². The molecule has 4 heteroatoms. The van der Waals surface area contributed by atoms with Crippen molar-refractivity contribution in [1.82, 2.24) is 4.72 Å². The van der Waals surface area contributed by atoms with Gasteiger partial charge in [0.25, 0.3) is 0 Å². The number of benzene rings is 1. The third kappa shape index (κ3) is 2.93. The predicted octanol–water partition coefficient (Wildman–Crippen LogP) is 2.79. The first-order chi connectivity index (χ1) is 8.50. The van der Waals surface area contributed by atoms with Crippen molar-refractivity contribution < 1.29 is 8.42 Å². The van der Waals surface area contributed by atoms with E-state index in [2.05, 4.69) is 18.6 Å². The van der Waals surface area contributed by atoms with Crippen molar-refractivity contribution in [2.24, 2.45) is 11.8 Å². The van der Waals surface area contributed by atoms with E-state index in [1.165, 1.54) is 6.42 Å².